The molecule has 3 rings (SSSR count). The van der Waals surface area contributed by atoms with Crippen LogP contribution in [0.5, 0.6) is 0 Å². The van der Waals surface area contributed by atoms with E-state index in [4.69, 9.17) is 0 Å². The van der Waals surface area contributed by atoms with Crippen LogP contribution in [0, 0.1) is 11.8 Å². The van der Waals surface area contributed by atoms with Crippen molar-refractivity contribution in [2.24, 2.45) is 22.0 Å². The Morgan fingerprint density at radius 2 is 1.30 bits per heavy atom. The maximum Gasteiger partial charge on any atom is 0.244 e. The smallest absolute Gasteiger partial charge is 0.244 e. The van der Waals surface area contributed by atoms with Crippen molar-refractivity contribution in [1.29, 1.82) is 0 Å². The molecule has 2 aromatic rings. The average Bonchev–Trinajstić information content (AvgIpc) is 3.43. The first kappa shape index (κ1) is 19.4. The van der Waals surface area contributed by atoms with Crippen LogP contribution in [-0.2, 0) is 9.59 Å². The maximum atomic E-state index is 12.1. The van der Waals surface area contributed by atoms with E-state index < -0.39 is 0 Å². The molecule has 0 radical (unpaired) electrons. The lowest BCUT2D eigenvalue weighted by Gasteiger charge is -2.00. The summed E-state index contributed by atoms with van der Waals surface area (Å²) in [4.78, 5) is 24.1. The highest BCUT2D eigenvalue weighted by atomic mass is 79.9. The zero-order chi connectivity index (χ0) is 19.2. The molecule has 138 valence electrons. The third-order valence-corrected chi connectivity index (χ3v) is 4.92. The summed E-state index contributed by atoms with van der Waals surface area (Å²) in [5.41, 5.74) is 6.67. The largest absolute Gasteiger partial charge is 0.273 e. The van der Waals surface area contributed by atoms with Crippen LogP contribution in [0.4, 0.5) is 0 Å². The summed E-state index contributed by atoms with van der Waals surface area (Å²) in [5, 5.41) is 7.87. The van der Waals surface area contributed by atoms with Crippen molar-refractivity contribution >= 4 is 56.1 Å². The van der Waals surface area contributed by atoms with Crippen molar-refractivity contribution in [3.05, 3.63) is 68.6 Å². The van der Waals surface area contributed by atoms with E-state index in [1.165, 1.54) is 0 Å². The van der Waals surface area contributed by atoms with Crippen LogP contribution in [-0.4, -0.2) is 24.2 Å². The molecule has 0 saturated heterocycles. The van der Waals surface area contributed by atoms with Crippen LogP contribution in [0.25, 0.3) is 0 Å². The summed E-state index contributed by atoms with van der Waals surface area (Å²) < 4.78 is 1.86. The molecule has 2 aromatic carbocycles. The number of benzene rings is 2. The first-order chi connectivity index (χ1) is 13.0. The third-order valence-electron chi connectivity index (χ3n) is 3.94. The second-order valence-electron chi connectivity index (χ2n) is 6.03. The van der Waals surface area contributed by atoms with Crippen molar-refractivity contribution in [2.75, 3.05) is 0 Å². The predicted octanol–water partition coefficient (Wildman–Crippen LogP) is 3.45. The van der Waals surface area contributed by atoms with Gasteiger partial charge in [-0.25, -0.2) is 10.9 Å². The van der Waals surface area contributed by atoms with Gasteiger partial charge in [-0.2, -0.15) is 10.2 Å². The molecule has 6 nitrogen and oxygen atoms in total. The van der Waals surface area contributed by atoms with Gasteiger partial charge in [-0.1, -0.05) is 56.1 Å². The molecule has 27 heavy (non-hydrogen) atoms. The van der Waals surface area contributed by atoms with Gasteiger partial charge in [0.25, 0.3) is 0 Å². The van der Waals surface area contributed by atoms with E-state index in [1.54, 1.807) is 12.4 Å². The minimum Gasteiger partial charge on any atom is -0.273 e. The normalized spacial score (nSPS) is 18.6. The van der Waals surface area contributed by atoms with Crippen molar-refractivity contribution < 1.29 is 9.59 Å². The fourth-order valence-electron chi connectivity index (χ4n) is 2.46. The number of nitrogens with zero attached hydrogens (tertiary/aromatic N) is 2. The predicted molar refractivity (Wildman–Crippen MR) is 111 cm³/mol. The molecule has 1 fully saturated rings. The lowest BCUT2D eigenvalue weighted by molar-refractivity contribution is -0.127. The summed E-state index contributed by atoms with van der Waals surface area (Å²) in [6.07, 6.45) is 3.61. The van der Waals surface area contributed by atoms with Crippen LogP contribution >= 0.6 is 31.9 Å². The number of halogens is 2. The summed E-state index contributed by atoms with van der Waals surface area (Å²) in [5.74, 6) is -1.27. The maximum absolute atomic E-state index is 12.1. The SMILES string of the molecule is O=C(NN=Cc1cccc(Br)c1)[C@H]1C[C@H]1C(=O)NN=Cc1cccc(Br)c1. The second kappa shape index (κ2) is 9.05. The Morgan fingerprint density at radius 1 is 0.852 bits per heavy atom. The molecule has 0 aliphatic heterocycles. The van der Waals surface area contributed by atoms with Gasteiger partial charge in [-0.3, -0.25) is 9.59 Å². The molecule has 2 amide bonds. The molecule has 0 aromatic heterocycles. The van der Waals surface area contributed by atoms with Gasteiger partial charge >= 0.3 is 0 Å². The second-order valence-corrected chi connectivity index (χ2v) is 7.86. The molecule has 1 saturated carbocycles. The molecule has 8 heteroatoms. The van der Waals surface area contributed by atoms with Gasteiger partial charge in [0.2, 0.25) is 11.8 Å². The molecule has 1 aliphatic rings. The van der Waals surface area contributed by atoms with Crippen LogP contribution in [0.1, 0.15) is 17.5 Å². The lowest BCUT2D eigenvalue weighted by Crippen LogP contribution is -2.25. The third kappa shape index (κ3) is 5.83. The van der Waals surface area contributed by atoms with E-state index in [2.05, 4.69) is 52.9 Å². The Labute approximate surface area is 173 Å². The molecule has 0 spiro atoms. The van der Waals surface area contributed by atoms with E-state index in [0.29, 0.717) is 6.42 Å². The van der Waals surface area contributed by atoms with Gasteiger partial charge in [0.1, 0.15) is 0 Å². The van der Waals surface area contributed by atoms with Gasteiger partial charge in [0.05, 0.1) is 24.3 Å². The van der Waals surface area contributed by atoms with Gasteiger partial charge in [0, 0.05) is 8.95 Å². The topological polar surface area (TPSA) is 82.9 Å². The summed E-state index contributed by atoms with van der Waals surface area (Å²) in [6.45, 7) is 0. The highest BCUT2D eigenvalue weighted by Crippen LogP contribution is 2.38. The molecule has 0 heterocycles. The Balaban J connectivity index is 1.44. The number of carbonyl (C=O) groups is 2. The van der Waals surface area contributed by atoms with E-state index in [9.17, 15) is 9.59 Å². The number of amides is 2. The number of rotatable bonds is 6. The minimum atomic E-state index is -0.370. The highest BCUT2D eigenvalue weighted by Gasteiger charge is 2.48. The summed E-state index contributed by atoms with van der Waals surface area (Å²) in [6, 6.07) is 15.1. The molecule has 0 bridgehead atoms. The number of carbonyl (C=O) groups excluding carboxylic acids is 2. The van der Waals surface area contributed by atoms with E-state index in [0.717, 1.165) is 20.1 Å². The lowest BCUT2D eigenvalue weighted by atomic mass is 10.2. The van der Waals surface area contributed by atoms with Gasteiger partial charge in [-0.15, -0.1) is 0 Å². The molecule has 1 aliphatic carbocycles. The molecular formula is C19H16Br2N4O2. The molecular weight excluding hydrogens is 476 g/mol. The van der Waals surface area contributed by atoms with E-state index in [1.807, 2.05) is 48.5 Å². The summed E-state index contributed by atoms with van der Waals surface area (Å²) in [7, 11) is 0. The minimum absolute atomic E-state index is 0.266. The van der Waals surface area contributed by atoms with Crippen LogP contribution < -0.4 is 10.9 Å². The first-order valence-electron chi connectivity index (χ1n) is 8.20. The molecule has 2 atom stereocenters. The van der Waals surface area contributed by atoms with Crippen molar-refractivity contribution in [3.63, 3.8) is 0 Å². The zero-order valence-corrected chi connectivity index (χ0v) is 17.3. The van der Waals surface area contributed by atoms with Crippen LogP contribution in [0.3, 0.4) is 0 Å². The fourth-order valence-corrected chi connectivity index (χ4v) is 3.29. The van der Waals surface area contributed by atoms with Gasteiger partial charge in [-0.05, 0) is 41.8 Å². The quantitative estimate of drug-likeness (QED) is 0.479. The van der Waals surface area contributed by atoms with Crippen molar-refractivity contribution in [3.8, 4) is 0 Å². The van der Waals surface area contributed by atoms with Crippen LogP contribution in [0.15, 0.2) is 67.7 Å². The van der Waals surface area contributed by atoms with Gasteiger partial charge in [0.15, 0.2) is 0 Å². The number of hydrazone groups is 2. The van der Waals surface area contributed by atoms with Crippen LogP contribution in [0.2, 0.25) is 0 Å². The zero-order valence-electron chi connectivity index (χ0n) is 14.1. The fraction of sp³-hybridized carbons (Fsp3) is 0.158. The average molecular weight is 492 g/mol. The Kier molecular flexibility index (Phi) is 6.52. The first-order valence-corrected chi connectivity index (χ1v) is 9.78. The van der Waals surface area contributed by atoms with E-state index in [-0.39, 0.29) is 23.7 Å². The van der Waals surface area contributed by atoms with E-state index >= 15 is 0 Å². The van der Waals surface area contributed by atoms with Crippen molar-refractivity contribution in [2.45, 2.75) is 6.42 Å². The molecule has 2 N–H and O–H groups in total. The number of hydrogen-bond acceptors (Lipinski definition) is 4. The standard InChI is InChI=1S/C19H16Br2N4O2/c20-14-5-1-3-12(7-14)10-22-24-18(26)16-9-17(16)19(27)25-23-11-13-4-2-6-15(21)8-13/h1-8,10-11,16-17H,9H2,(H,24,26)(H,25,27)/t16-,17+. The Morgan fingerprint density at radius 3 is 1.70 bits per heavy atom. The van der Waals surface area contributed by atoms with Gasteiger partial charge < -0.3 is 0 Å². The highest BCUT2D eigenvalue weighted by molar-refractivity contribution is 9.10. The number of hydrogen-bond donors (Lipinski definition) is 2. The Hall–Kier alpha value is -2.32. The summed E-state index contributed by atoms with van der Waals surface area (Å²) >= 11 is 6.74. The van der Waals surface area contributed by atoms with Crippen molar-refractivity contribution in [1.82, 2.24) is 10.9 Å². The monoisotopic (exact) mass is 490 g/mol. The Bertz CT molecular complexity index is 841. The number of nitrogens with one attached hydrogen (secondary N) is 2. The molecule has 0 unspecified atom stereocenters.